The highest BCUT2D eigenvalue weighted by Gasteiger charge is 2.30. The molecule has 1 heterocycles. The summed E-state index contributed by atoms with van der Waals surface area (Å²) in [6, 6.07) is 0. The van der Waals surface area contributed by atoms with Gasteiger partial charge in [-0.25, -0.2) is 0 Å². The van der Waals surface area contributed by atoms with Gasteiger partial charge in [0.05, 0.1) is 18.0 Å². The molecule has 2 N–H and O–H groups in total. The highest BCUT2D eigenvalue weighted by Crippen LogP contribution is 2.28. The van der Waals surface area contributed by atoms with Crippen molar-refractivity contribution in [2.75, 3.05) is 13.2 Å². The van der Waals surface area contributed by atoms with Crippen LogP contribution in [0.1, 0.15) is 39.0 Å². The fourth-order valence-corrected chi connectivity index (χ4v) is 2.37. The minimum atomic E-state index is -0.0350. The van der Waals surface area contributed by atoms with Crippen LogP contribution < -0.4 is 5.73 Å². The van der Waals surface area contributed by atoms with Crippen LogP contribution in [0, 0.1) is 5.92 Å². The molecule has 1 aliphatic heterocycles. The summed E-state index contributed by atoms with van der Waals surface area (Å²) in [7, 11) is 0. The molecule has 1 aliphatic carbocycles. The zero-order valence-electron chi connectivity index (χ0n) is 8.96. The third-order valence-corrected chi connectivity index (χ3v) is 3.37. The van der Waals surface area contributed by atoms with Gasteiger partial charge in [0.25, 0.3) is 0 Å². The molecule has 1 unspecified atom stereocenters. The molecule has 0 bridgehead atoms. The van der Waals surface area contributed by atoms with Gasteiger partial charge in [-0.05, 0) is 26.2 Å². The van der Waals surface area contributed by atoms with Gasteiger partial charge in [0, 0.05) is 12.5 Å². The van der Waals surface area contributed by atoms with E-state index in [2.05, 4.69) is 11.9 Å². The Bertz CT molecular complexity index is 225. The first-order valence-electron chi connectivity index (χ1n) is 5.63. The van der Waals surface area contributed by atoms with E-state index in [0.29, 0.717) is 5.92 Å². The monoisotopic (exact) mass is 196 g/mol. The van der Waals surface area contributed by atoms with Crippen molar-refractivity contribution in [2.45, 2.75) is 44.6 Å². The number of ether oxygens (including phenoxy) is 1. The van der Waals surface area contributed by atoms with Gasteiger partial charge in [-0.15, -0.1) is 0 Å². The molecule has 2 fully saturated rings. The van der Waals surface area contributed by atoms with E-state index in [1.165, 1.54) is 25.7 Å². The molecular weight excluding hydrogens is 176 g/mol. The van der Waals surface area contributed by atoms with E-state index in [9.17, 15) is 0 Å². The number of hydrogen-bond acceptors (Lipinski definition) is 2. The summed E-state index contributed by atoms with van der Waals surface area (Å²) in [6.45, 7) is 3.71. The highest BCUT2D eigenvalue weighted by atomic mass is 16.5. The second-order valence-corrected chi connectivity index (χ2v) is 4.82. The van der Waals surface area contributed by atoms with Crippen LogP contribution in [0.15, 0.2) is 4.99 Å². The molecule has 0 radical (unpaired) electrons. The zero-order valence-corrected chi connectivity index (χ0v) is 8.96. The summed E-state index contributed by atoms with van der Waals surface area (Å²) in [5, 5.41) is 0. The molecule has 2 aliphatic rings. The Balaban J connectivity index is 2.00. The Morgan fingerprint density at radius 1 is 1.43 bits per heavy atom. The first kappa shape index (κ1) is 9.97. The number of hydrogen-bond donors (Lipinski definition) is 1. The van der Waals surface area contributed by atoms with Gasteiger partial charge < -0.3 is 10.5 Å². The minimum Gasteiger partial charge on any atom is -0.387 e. The van der Waals surface area contributed by atoms with Crippen molar-refractivity contribution in [1.82, 2.24) is 0 Å². The normalized spacial score (nSPS) is 35.4. The molecule has 14 heavy (non-hydrogen) atoms. The topological polar surface area (TPSA) is 47.6 Å². The van der Waals surface area contributed by atoms with Crippen molar-refractivity contribution in [1.29, 1.82) is 0 Å². The molecule has 0 spiro atoms. The number of aliphatic imine (C=N–C) groups is 1. The number of nitrogens with two attached hydrogens (primary N) is 1. The van der Waals surface area contributed by atoms with Crippen LogP contribution >= 0.6 is 0 Å². The van der Waals surface area contributed by atoms with Crippen LogP contribution in [0.5, 0.6) is 0 Å². The third-order valence-electron chi connectivity index (χ3n) is 3.37. The van der Waals surface area contributed by atoms with Crippen LogP contribution in [0.4, 0.5) is 0 Å². The molecule has 2 rings (SSSR count). The lowest BCUT2D eigenvalue weighted by Crippen LogP contribution is -2.30. The molecule has 0 amide bonds. The molecule has 3 heteroatoms. The van der Waals surface area contributed by atoms with Gasteiger partial charge in [0.15, 0.2) is 0 Å². The Morgan fingerprint density at radius 3 is 2.71 bits per heavy atom. The van der Waals surface area contributed by atoms with Crippen LogP contribution in [-0.2, 0) is 4.74 Å². The summed E-state index contributed by atoms with van der Waals surface area (Å²) in [5.41, 5.74) is 6.00. The van der Waals surface area contributed by atoms with Crippen molar-refractivity contribution < 1.29 is 4.74 Å². The fraction of sp³-hybridized carbons (Fsp3) is 0.909. The van der Waals surface area contributed by atoms with E-state index < -0.39 is 0 Å². The lowest BCUT2D eigenvalue weighted by molar-refractivity contribution is 0.182. The first-order valence-corrected chi connectivity index (χ1v) is 5.63. The van der Waals surface area contributed by atoms with E-state index in [0.717, 1.165) is 25.5 Å². The van der Waals surface area contributed by atoms with Crippen LogP contribution in [0.3, 0.4) is 0 Å². The Hall–Kier alpha value is -0.570. The second kappa shape index (κ2) is 3.89. The lowest BCUT2D eigenvalue weighted by atomic mass is 10.0. The Labute approximate surface area is 85.7 Å². The quantitative estimate of drug-likeness (QED) is 0.540. The van der Waals surface area contributed by atoms with Gasteiger partial charge in [0.1, 0.15) is 0 Å². The van der Waals surface area contributed by atoms with Gasteiger partial charge in [0.2, 0.25) is 0 Å². The van der Waals surface area contributed by atoms with Gasteiger partial charge in [-0.2, -0.15) is 0 Å². The van der Waals surface area contributed by atoms with Crippen molar-refractivity contribution in [3.63, 3.8) is 0 Å². The van der Waals surface area contributed by atoms with E-state index in [1.54, 1.807) is 0 Å². The maximum atomic E-state index is 6.04. The SMILES string of the molecule is CC1(N=C(N)C2CCCC2)CCOC1. The zero-order chi connectivity index (χ0) is 10.0. The largest absolute Gasteiger partial charge is 0.387 e. The van der Waals surface area contributed by atoms with Crippen LogP contribution in [0.25, 0.3) is 0 Å². The van der Waals surface area contributed by atoms with E-state index in [-0.39, 0.29) is 5.54 Å². The lowest BCUT2D eigenvalue weighted by Gasteiger charge is -2.19. The predicted octanol–water partition coefficient (Wildman–Crippen LogP) is 1.71. The fourth-order valence-electron chi connectivity index (χ4n) is 2.37. The van der Waals surface area contributed by atoms with Gasteiger partial charge >= 0.3 is 0 Å². The number of amidine groups is 1. The molecule has 80 valence electrons. The molecule has 0 aromatic heterocycles. The predicted molar refractivity (Wildman–Crippen MR) is 57.4 cm³/mol. The van der Waals surface area contributed by atoms with E-state index >= 15 is 0 Å². The summed E-state index contributed by atoms with van der Waals surface area (Å²) in [4.78, 5) is 4.66. The number of nitrogens with zero attached hydrogens (tertiary/aromatic N) is 1. The third kappa shape index (κ3) is 2.08. The van der Waals surface area contributed by atoms with Crippen molar-refractivity contribution in [3.05, 3.63) is 0 Å². The molecule has 1 atom stereocenters. The Morgan fingerprint density at radius 2 is 2.14 bits per heavy atom. The van der Waals surface area contributed by atoms with Crippen molar-refractivity contribution in [3.8, 4) is 0 Å². The molecule has 0 aromatic carbocycles. The van der Waals surface area contributed by atoms with Crippen LogP contribution in [-0.4, -0.2) is 24.6 Å². The van der Waals surface area contributed by atoms with Crippen molar-refractivity contribution >= 4 is 5.84 Å². The summed E-state index contributed by atoms with van der Waals surface area (Å²) >= 11 is 0. The van der Waals surface area contributed by atoms with Gasteiger partial charge in [-0.3, -0.25) is 4.99 Å². The second-order valence-electron chi connectivity index (χ2n) is 4.82. The maximum absolute atomic E-state index is 6.04. The molecular formula is C11H20N2O. The smallest absolute Gasteiger partial charge is 0.0976 e. The van der Waals surface area contributed by atoms with E-state index in [4.69, 9.17) is 10.5 Å². The van der Waals surface area contributed by atoms with Crippen molar-refractivity contribution in [2.24, 2.45) is 16.6 Å². The first-order chi connectivity index (χ1) is 6.70. The Kier molecular flexibility index (Phi) is 2.77. The average molecular weight is 196 g/mol. The number of rotatable bonds is 2. The maximum Gasteiger partial charge on any atom is 0.0976 e. The summed E-state index contributed by atoms with van der Waals surface area (Å²) < 4.78 is 5.36. The van der Waals surface area contributed by atoms with Crippen LogP contribution in [0.2, 0.25) is 0 Å². The van der Waals surface area contributed by atoms with E-state index in [1.807, 2.05) is 0 Å². The molecule has 1 saturated carbocycles. The molecule has 1 saturated heterocycles. The summed E-state index contributed by atoms with van der Waals surface area (Å²) in [5.74, 6) is 1.42. The highest BCUT2D eigenvalue weighted by molar-refractivity contribution is 5.83. The standard InChI is InChI=1S/C11H20N2O/c1-11(6-7-14-8-11)13-10(12)9-4-2-3-5-9/h9H,2-8H2,1H3,(H2,12,13). The summed E-state index contributed by atoms with van der Waals surface area (Å²) in [6.07, 6.45) is 6.10. The average Bonchev–Trinajstić information content (AvgIpc) is 2.74. The minimum absolute atomic E-state index is 0.0350. The molecule has 3 nitrogen and oxygen atoms in total. The molecule has 0 aromatic rings. The van der Waals surface area contributed by atoms with Gasteiger partial charge in [-0.1, -0.05) is 12.8 Å².